The Morgan fingerprint density at radius 3 is 2.35 bits per heavy atom. The third-order valence-electron chi connectivity index (χ3n) is 9.41. The van der Waals surface area contributed by atoms with Crippen LogP contribution in [0.5, 0.6) is 5.75 Å². The van der Waals surface area contributed by atoms with E-state index >= 15 is 0 Å². The van der Waals surface area contributed by atoms with Crippen LogP contribution in [0.1, 0.15) is 98.1 Å². The van der Waals surface area contributed by atoms with Crippen molar-refractivity contribution in [1.82, 2.24) is 40.8 Å². The number of nitrogens with one attached hydrogen (secondary N) is 2. The molecule has 1 fully saturated rings. The molecular formula is C40H48N8O3S. The predicted molar refractivity (Wildman–Crippen MR) is 203 cm³/mol. The highest BCUT2D eigenvalue weighted by Gasteiger charge is 2.34. The van der Waals surface area contributed by atoms with Crippen LogP contribution in [0.3, 0.4) is 0 Å². The summed E-state index contributed by atoms with van der Waals surface area (Å²) < 4.78 is 5.92. The van der Waals surface area contributed by atoms with Gasteiger partial charge >= 0.3 is 0 Å². The Hall–Kier alpha value is -4.97. The van der Waals surface area contributed by atoms with Crippen LogP contribution in [-0.2, 0) is 16.6 Å². The van der Waals surface area contributed by atoms with Crippen molar-refractivity contribution in [3.8, 4) is 28.3 Å². The number of H-pyrrole nitrogens is 1. The van der Waals surface area contributed by atoms with Gasteiger partial charge in [0.05, 0.1) is 11.5 Å². The van der Waals surface area contributed by atoms with Crippen molar-refractivity contribution in [2.24, 2.45) is 0 Å². The summed E-state index contributed by atoms with van der Waals surface area (Å²) in [5.41, 5.74) is 3.65. The van der Waals surface area contributed by atoms with Gasteiger partial charge in [-0.15, -0.1) is 21.5 Å². The molecule has 0 saturated carbocycles. The summed E-state index contributed by atoms with van der Waals surface area (Å²) in [7, 11) is 0. The third kappa shape index (κ3) is 9.47. The minimum Gasteiger partial charge on any atom is -0.494 e. The van der Waals surface area contributed by atoms with Crippen LogP contribution in [0.2, 0.25) is 0 Å². The van der Waals surface area contributed by atoms with E-state index in [4.69, 9.17) is 4.74 Å². The Balaban J connectivity index is 1.10. The lowest BCUT2D eigenvalue weighted by Gasteiger charge is -2.24. The molecule has 5 aromatic rings. The van der Waals surface area contributed by atoms with Gasteiger partial charge < -0.3 is 15.0 Å². The van der Waals surface area contributed by atoms with Crippen molar-refractivity contribution in [2.75, 3.05) is 19.7 Å². The average molecular weight is 721 g/mol. The number of carbonyl (C=O) groups is 2. The zero-order chi connectivity index (χ0) is 36.5. The zero-order valence-corrected chi connectivity index (χ0v) is 31.3. The van der Waals surface area contributed by atoms with Crippen molar-refractivity contribution in [1.29, 1.82) is 0 Å². The van der Waals surface area contributed by atoms with Crippen LogP contribution in [0.15, 0.2) is 73.1 Å². The molecule has 2 atom stereocenters. The van der Waals surface area contributed by atoms with Crippen molar-refractivity contribution in [2.45, 2.75) is 90.0 Å². The summed E-state index contributed by atoms with van der Waals surface area (Å²) in [4.78, 5) is 40.2. The van der Waals surface area contributed by atoms with Gasteiger partial charge in [-0.05, 0) is 53.6 Å². The molecule has 4 heterocycles. The molecule has 11 nitrogen and oxygen atoms in total. The number of carbonyl (C=O) groups excluding carboxylic acids is 2. The Morgan fingerprint density at radius 2 is 1.67 bits per heavy atom. The molecule has 2 aromatic carbocycles. The molecule has 2 amide bonds. The van der Waals surface area contributed by atoms with E-state index in [1.165, 1.54) is 37.0 Å². The standard InChI is InChI=1S/C40H48N8O3S/c1-5-6-7-8-9-22-51-32-16-14-28(15-17-32)31-24-41-36(42-25-31)29-12-10-27(11-13-29)23-33(43-38(49)34-18-19-35(52-34)40(2,3)4)39(50)48-21-20-30(26-48)37-44-46-47-45-37/h10-19,24-25,30,33H,5-9,20-23,26H2,1-4H3,(H,43,49)(H,44,45,46,47). The fourth-order valence-corrected chi connectivity index (χ4v) is 7.28. The number of aromatic amines is 1. The summed E-state index contributed by atoms with van der Waals surface area (Å²) in [6.45, 7) is 10.3. The maximum Gasteiger partial charge on any atom is 0.262 e. The monoisotopic (exact) mass is 720 g/mol. The fraction of sp³-hybridized carbons (Fsp3) is 0.425. The van der Waals surface area contributed by atoms with E-state index in [1.807, 2.05) is 73.1 Å². The highest BCUT2D eigenvalue weighted by Crippen LogP contribution is 2.30. The van der Waals surface area contributed by atoms with Crippen molar-refractivity contribution in [3.63, 3.8) is 0 Å². The number of benzene rings is 2. The Bertz CT molecular complexity index is 1890. The maximum atomic E-state index is 14.0. The minimum atomic E-state index is -0.749. The smallest absolute Gasteiger partial charge is 0.262 e. The van der Waals surface area contributed by atoms with Gasteiger partial charge in [0, 0.05) is 53.8 Å². The summed E-state index contributed by atoms with van der Waals surface area (Å²) in [6.07, 6.45) is 10.8. The van der Waals surface area contributed by atoms with Crippen LogP contribution in [0.25, 0.3) is 22.5 Å². The predicted octanol–water partition coefficient (Wildman–Crippen LogP) is 7.39. The van der Waals surface area contributed by atoms with E-state index in [9.17, 15) is 9.59 Å². The van der Waals surface area contributed by atoms with Crippen LogP contribution in [0.4, 0.5) is 0 Å². The van der Waals surface area contributed by atoms with E-state index < -0.39 is 6.04 Å². The van der Waals surface area contributed by atoms with Crippen LogP contribution in [0, 0.1) is 0 Å². The number of amides is 2. The number of ether oxygens (including phenoxy) is 1. The Kier molecular flexibility index (Phi) is 12.1. The molecule has 1 saturated heterocycles. The molecule has 1 aliphatic rings. The van der Waals surface area contributed by atoms with Crippen molar-refractivity contribution < 1.29 is 14.3 Å². The van der Waals surface area contributed by atoms with Gasteiger partial charge in [-0.2, -0.15) is 5.21 Å². The van der Waals surface area contributed by atoms with Crippen LogP contribution in [-0.4, -0.2) is 73.0 Å². The quantitative estimate of drug-likeness (QED) is 0.107. The molecule has 272 valence electrons. The molecule has 1 aliphatic heterocycles. The van der Waals surface area contributed by atoms with Crippen molar-refractivity contribution >= 4 is 23.2 Å². The molecule has 52 heavy (non-hydrogen) atoms. The van der Waals surface area contributed by atoms with Crippen molar-refractivity contribution in [3.05, 3.63) is 94.2 Å². The lowest BCUT2D eigenvalue weighted by Crippen LogP contribution is -2.49. The number of thiophene rings is 1. The normalized spacial score (nSPS) is 15.1. The fourth-order valence-electron chi connectivity index (χ4n) is 6.32. The number of nitrogens with zero attached hydrogens (tertiary/aromatic N) is 6. The molecule has 6 rings (SSSR count). The van der Waals surface area contributed by atoms with E-state index in [0.29, 0.717) is 36.0 Å². The van der Waals surface area contributed by atoms with Gasteiger partial charge in [-0.25, -0.2) is 9.97 Å². The lowest BCUT2D eigenvalue weighted by molar-refractivity contribution is -0.132. The molecule has 3 aromatic heterocycles. The van der Waals surface area contributed by atoms with Gasteiger partial charge in [0.25, 0.3) is 5.91 Å². The molecule has 2 N–H and O–H groups in total. The highest BCUT2D eigenvalue weighted by molar-refractivity contribution is 7.14. The molecule has 0 bridgehead atoms. The van der Waals surface area contributed by atoms with E-state index in [2.05, 4.69) is 63.6 Å². The first-order valence-corrected chi connectivity index (χ1v) is 19.1. The highest BCUT2D eigenvalue weighted by atomic mass is 32.1. The number of aromatic nitrogens is 6. The Labute approximate surface area is 309 Å². The number of rotatable bonds is 15. The summed E-state index contributed by atoms with van der Waals surface area (Å²) in [5.74, 6) is 1.70. The summed E-state index contributed by atoms with van der Waals surface area (Å²) in [6, 6.07) is 19.0. The van der Waals surface area contributed by atoms with Gasteiger partial charge in [0.2, 0.25) is 5.91 Å². The molecule has 0 aliphatic carbocycles. The minimum absolute atomic E-state index is 0.000327. The van der Waals surface area contributed by atoms with Gasteiger partial charge in [0.15, 0.2) is 11.6 Å². The molecule has 0 radical (unpaired) electrons. The third-order valence-corrected chi connectivity index (χ3v) is 10.9. The number of likely N-dealkylation sites (tertiary alicyclic amines) is 1. The first-order chi connectivity index (χ1) is 25.2. The van der Waals surface area contributed by atoms with Crippen LogP contribution < -0.4 is 10.1 Å². The van der Waals surface area contributed by atoms with E-state index in [1.54, 1.807) is 4.90 Å². The van der Waals surface area contributed by atoms with Crippen LogP contribution >= 0.6 is 11.3 Å². The number of tetrazole rings is 1. The molecule has 2 unspecified atom stereocenters. The first kappa shape index (κ1) is 36.8. The summed E-state index contributed by atoms with van der Waals surface area (Å²) >= 11 is 1.46. The molecule has 0 spiro atoms. The second-order valence-corrected chi connectivity index (χ2v) is 15.5. The SMILES string of the molecule is CCCCCCCOc1ccc(-c2cnc(-c3ccc(CC(NC(=O)c4ccc(C(C)(C)C)s4)C(=O)N4CCC(c5nn[nH]n5)C4)cc3)nc2)cc1. The number of hydrogen-bond acceptors (Lipinski definition) is 9. The number of hydrogen-bond donors (Lipinski definition) is 2. The molecule has 12 heteroatoms. The maximum absolute atomic E-state index is 14.0. The summed E-state index contributed by atoms with van der Waals surface area (Å²) in [5, 5.41) is 17.5. The topological polar surface area (TPSA) is 139 Å². The van der Waals surface area contributed by atoms with Gasteiger partial charge in [-0.3, -0.25) is 9.59 Å². The van der Waals surface area contributed by atoms with Gasteiger partial charge in [0.1, 0.15) is 11.8 Å². The van der Waals surface area contributed by atoms with E-state index in [0.717, 1.165) is 52.3 Å². The Morgan fingerprint density at radius 1 is 0.942 bits per heavy atom. The second-order valence-electron chi connectivity index (χ2n) is 14.5. The van der Waals surface area contributed by atoms with E-state index in [-0.39, 0.29) is 23.1 Å². The number of unbranched alkanes of at least 4 members (excludes halogenated alkanes) is 4. The lowest BCUT2D eigenvalue weighted by atomic mass is 9.95. The average Bonchev–Trinajstić information content (AvgIpc) is 3.96. The second kappa shape index (κ2) is 17.0. The first-order valence-electron chi connectivity index (χ1n) is 18.3. The largest absolute Gasteiger partial charge is 0.494 e. The zero-order valence-electron chi connectivity index (χ0n) is 30.5. The van der Waals surface area contributed by atoms with Gasteiger partial charge in [-0.1, -0.05) is 95.0 Å². The molecular weight excluding hydrogens is 673 g/mol.